The molecule has 1 aromatic rings. The van der Waals surface area contributed by atoms with Gasteiger partial charge >= 0.3 is 0 Å². The number of nitrogens with one attached hydrogen (secondary N) is 1. The minimum atomic E-state index is -0.106. The summed E-state index contributed by atoms with van der Waals surface area (Å²) < 4.78 is 11.5. The fraction of sp³-hybridized carbons (Fsp3) is 0.400. The fourth-order valence-corrected chi connectivity index (χ4v) is 2.61. The van der Waals surface area contributed by atoms with Crippen LogP contribution in [-0.2, 0) is 16.0 Å². The molecule has 0 spiro atoms. The van der Waals surface area contributed by atoms with Gasteiger partial charge in [0.2, 0.25) is 0 Å². The molecule has 2 rings (SSSR count). The van der Waals surface area contributed by atoms with E-state index in [1.165, 1.54) is 5.56 Å². The van der Waals surface area contributed by atoms with E-state index in [0.717, 1.165) is 24.9 Å². The van der Waals surface area contributed by atoms with Crippen LogP contribution in [0.2, 0.25) is 0 Å². The first-order valence-corrected chi connectivity index (χ1v) is 8.31. The maximum Gasteiger partial charge on any atom is 0.160 e. The number of rotatable bonds is 7. The molecule has 3 nitrogen and oxygen atoms in total. The van der Waals surface area contributed by atoms with Crippen LogP contribution in [0.5, 0.6) is 0 Å². The molecule has 1 fully saturated rings. The van der Waals surface area contributed by atoms with Crippen LogP contribution in [0.25, 0.3) is 0 Å². The highest BCUT2D eigenvalue weighted by molar-refractivity contribution is 5.28. The van der Waals surface area contributed by atoms with E-state index in [1.54, 1.807) is 12.2 Å². The smallest absolute Gasteiger partial charge is 0.160 e. The van der Waals surface area contributed by atoms with Crippen LogP contribution >= 0.6 is 0 Å². The van der Waals surface area contributed by atoms with Crippen molar-refractivity contribution in [1.29, 1.82) is 0 Å². The highest BCUT2D eigenvalue weighted by Crippen LogP contribution is 2.30. The maximum atomic E-state index is 5.86. The third-order valence-corrected chi connectivity index (χ3v) is 4.15. The highest BCUT2D eigenvalue weighted by atomic mass is 16.6. The Bertz CT molecular complexity index is 556. The summed E-state index contributed by atoms with van der Waals surface area (Å²) in [6.07, 6.45) is 5.65. The predicted molar refractivity (Wildman–Crippen MR) is 94.8 cm³/mol. The zero-order valence-electron chi connectivity index (χ0n) is 14.2. The molecular formula is C20H27NO2. The highest BCUT2D eigenvalue weighted by Gasteiger charge is 2.23. The lowest BCUT2D eigenvalue weighted by atomic mass is 10.1. The Kier molecular flexibility index (Phi) is 6.48. The molecule has 1 aromatic carbocycles. The predicted octanol–water partition coefficient (Wildman–Crippen LogP) is 4.64. The summed E-state index contributed by atoms with van der Waals surface area (Å²) in [4.78, 5) is 0. The average molecular weight is 313 g/mol. The van der Waals surface area contributed by atoms with Crippen molar-refractivity contribution in [1.82, 2.24) is 5.32 Å². The van der Waals surface area contributed by atoms with Gasteiger partial charge in [0.15, 0.2) is 17.6 Å². The van der Waals surface area contributed by atoms with Gasteiger partial charge in [-0.2, -0.15) is 0 Å². The summed E-state index contributed by atoms with van der Waals surface area (Å²) in [6, 6.07) is 9.08. The summed E-state index contributed by atoms with van der Waals surface area (Å²) in [5, 5.41) is 3.57. The van der Waals surface area contributed by atoms with Crippen molar-refractivity contribution < 1.29 is 9.47 Å². The molecule has 1 heterocycles. The molecule has 1 unspecified atom stereocenters. The lowest BCUT2D eigenvalue weighted by Crippen LogP contribution is -2.27. The summed E-state index contributed by atoms with van der Waals surface area (Å²) in [5.74, 6) is 1.21. The van der Waals surface area contributed by atoms with Gasteiger partial charge in [0, 0.05) is 12.6 Å². The van der Waals surface area contributed by atoms with Crippen molar-refractivity contribution in [2.24, 2.45) is 0 Å². The first kappa shape index (κ1) is 17.4. The van der Waals surface area contributed by atoms with Crippen LogP contribution in [0, 0.1) is 0 Å². The Hall–Kier alpha value is -2.00. The molecular weight excluding hydrogens is 286 g/mol. The molecule has 124 valence electrons. The van der Waals surface area contributed by atoms with E-state index in [9.17, 15) is 0 Å². The molecule has 0 bridgehead atoms. The number of hydrogen-bond acceptors (Lipinski definition) is 3. The SMILES string of the molecule is C=C/C=C1/OCC(c2ccc(CNC(CC)CC)cc2)OC1=C. The number of benzene rings is 1. The van der Waals surface area contributed by atoms with Crippen molar-refractivity contribution in [3.8, 4) is 0 Å². The minimum absolute atomic E-state index is 0.106. The standard InChI is InChI=1S/C20H27NO2/c1-5-8-19-15(4)23-20(14-22-19)17-11-9-16(10-12-17)13-21-18(6-2)7-3/h5,8-12,18,20-21H,1,4,6-7,13-14H2,2-3H3/b19-8+. The summed E-state index contributed by atoms with van der Waals surface area (Å²) in [5.41, 5.74) is 2.39. The molecule has 1 aliphatic heterocycles. The van der Waals surface area contributed by atoms with Crippen LogP contribution in [0.15, 0.2) is 61.1 Å². The van der Waals surface area contributed by atoms with Gasteiger partial charge in [0.1, 0.15) is 6.61 Å². The Morgan fingerprint density at radius 1 is 1.26 bits per heavy atom. The van der Waals surface area contributed by atoms with Crippen molar-refractivity contribution in [2.45, 2.75) is 45.4 Å². The molecule has 0 radical (unpaired) electrons. The van der Waals surface area contributed by atoms with Crippen molar-refractivity contribution in [2.75, 3.05) is 6.61 Å². The van der Waals surface area contributed by atoms with E-state index >= 15 is 0 Å². The molecule has 1 N–H and O–H groups in total. The Labute approximate surface area is 139 Å². The van der Waals surface area contributed by atoms with E-state index < -0.39 is 0 Å². The molecule has 1 aliphatic rings. The zero-order chi connectivity index (χ0) is 16.7. The van der Waals surface area contributed by atoms with Crippen LogP contribution in [-0.4, -0.2) is 12.6 Å². The fourth-order valence-electron chi connectivity index (χ4n) is 2.61. The Morgan fingerprint density at radius 3 is 2.52 bits per heavy atom. The second-order valence-electron chi connectivity index (χ2n) is 5.74. The molecule has 23 heavy (non-hydrogen) atoms. The van der Waals surface area contributed by atoms with Gasteiger partial charge in [-0.15, -0.1) is 0 Å². The van der Waals surface area contributed by atoms with Gasteiger partial charge in [-0.05, 0) is 30.0 Å². The Balaban J connectivity index is 1.94. The lowest BCUT2D eigenvalue weighted by molar-refractivity contribution is -0.00746. The molecule has 0 aliphatic carbocycles. The van der Waals surface area contributed by atoms with E-state index in [0.29, 0.717) is 24.2 Å². The number of ether oxygens (including phenoxy) is 2. The van der Waals surface area contributed by atoms with E-state index in [4.69, 9.17) is 9.47 Å². The van der Waals surface area contributed by atoms with Crippen molar-refractivity contribution in [3.05, 3.63) is 72.2 Å². The molecule has 0 amide bonds. The summed E-state index contributed by atoms with van der Waals surface area (Å²) >= 11 is 0. The van der Waals surface area contributed by atoms with Crippen LogP contribution < -0.4 is 5.32 Å². The molecule has 1 atom stereocenters. The first-order valence-electron chi connectivity index (χ1n) is 8.31. The van der Waals surface area contributed by atoms with Gasteiger partial charge < -0.3 is 14.8 Å². The van der Waals surface area contributed by atoms with Gasteiger partial charge in [0.25, 0.3) is 0 Å². The minimum Gasteiger partial charge on any atom is -0.485 e. The first-order chi connectivity index (χ1) is 11.2. The van der Waals surface area contributed by atoms with Crippen LogP contribution in [0.1, 0.15) is 43.9 Å². The van der Waals surface area contributed by atoms with Gasteiger partial charge in [-0.1, -0.05) is 57.3 Å². The van der Waals surface area contributed by atoms with E-state index in [-0.39, 0.29) is 6.10 Å². The van der Waals surface area contributed by atoms with E-state index in [2.05, 4.69) is 56.6 Å². The van der Waals surface area contributed by atoms with Gasteiger partial charge in [-0.25, -0.2) is 0 Å². The van der Waals surface area contributed by atoms with Crippen molar-refractivity contribution >= 4 is 0 Å². The molecule has 3 heteroatoms. The quantitative estimate of drug-likeness (QED) is 0.795. The largest absolute Gasteiger partial charge is 0.485 e. The third-order valence-electron chi connectivity index (χ3n) is 4.15. The average Bonchev–Trinajstić information content (AvgIpc) is 2.58. The zero-order valence-corrected chi connectivity index (χ0v) is 14.2. The summed E-state index contributed by atoms with van der Waals surface area (Å²) in [6.45, 7) is 13.4. The second-order valence-corrected chi connectivity index (χ2v) is 5.74. The second kappa shape index (κ2) is 8.59. The maximum absolute atomic E-state index is 5.86. The molecule has 1 saturated heterocycles. The van der Waals surface area contributed by atoms with Gasteiger partial charge in [-0.3, -0.25) is 0 Å². The van der Waals surface area contributed by atoms with Crippen LogP contribution in [0.3, 0.4) is 0 Å². The number of hydrogen-bond donors (Lipinski definition) is 1. The van der Waals surface area contributed by atoms with Crippen molar-refractivity contribution in [3.63, 3.8) is 0 Å². The van der Waals surface area contributed by atoms with Gasteiger partial charge in [0.05, 0.1) is 0 Å². The van der Waals surface area contributed by atoms with Crippen LogP contribution in [0.4, 0.5) is 0 Å². The molecule has 0 saturated carbocycles. The lowest BCUT2D eigenvalue weighted by Gasteiger charge is -2.28. The third kappa shape index (κ3) is 4.73. The monoisotopic (exact) mass is 313 g/mol. The Morgan fingerprint density at radius 2 is 1.96 bits per heavy atom. The topological polar surface area (TPSA) is 30.5 Å². The normalized spacial score (nSPS) is 19.5. The summed E-state index contributed by atoms with van der Waals surface area (Å²) in [7, 11) is 0. The van der Waals surface area contributed by atoms with E-state index in [1.807, 2.05) is 0 Å². The molecule has 0 aromatic heterocycles. The number of allylic oxidation sites excluding steroid dienone is 2.